The summed E-state index contributed by atoms with van der Waals surface area (Å²) in [6, 6.07) is 7.63. The van der Waals surface area contributed by atoms with E-state index in [4.69, 9.17) is 0 Å². The molecule has 0 radical (unpaired) electrons. The molecule has 0 saturated heterocycles. The summed E-state index contributed by atoms with van der Waals surface area (Å²) in [5.41, 5.74) is 4.23. The molecular formula is C22H28O2. The van der Waals surface area contributed by atoms with Crippen molar-refractivity contribution in [3.63, 3.8) is 0 Å². The summed E-state index contributed by atoms with van der Waals surface area (Å²) in [6.45, 7) is 6.92. The fourth-order valence-corrected chi connectivity index (χ4v) is 6.36. The van der Waals surface area contributed by atoms with Gasteiger partial charge in [-0.1, -0.05) is 31.6 Å². The monoisotopic (exact) mass is 324 g/mol. The van der Waals surface area contributed by atoms with Crippen molar-refractivity contribution in [3.05, 3.63) is 41.0 Å². The fourth-order valence-electron chi connectivity index (χ4n) is 6.36. The van der Waals surface area contributed by atoms with Gasteiger partial charge in [-0.15, -0.1) is 0 Å². The van der Waals surface area contributed by atoms with Crippen molar-refractivity contribution in [2.24, 2.45) is 22.7 Å². The zero-order valence-corrected chi connectivity index (χ0v) is 15.1. The van der Waals surface area contributed by atoms with Crippen molar-refractivity contribution in [1.82, 2.24) is 0 Å². The van der Waals surface area contributed by atoms with Crippen LogP contribution in [0.2, 0.25) is 0 Å². The number of benzene rings is 1. The van der Waals surface area contributed by atoms with Crippen LogP contribution in [-0.4, -0.2) is 10.9 Å². The van der Waals surface area contributed by atoms with Crippen LogP contribution >= 0.6 is 0 Å². The van der Waals surface area contributed by atoms with Gasteiger partial charge >= 0.3 is 0 Å². The highest BCUT2D eigenvalue weighted by molar-refractivity contribution is 6.00. The predicted molar refractivity (Wildman–Crippen MR) is 95.8 cm³/mol. The number of carbonyl (C=O) groups is 1. The molecule has 4 rings (SSSR count). The van der Waals surface area contributed by atoms with Crippen LogP contribution < -0.4 is 0 Å². The number of hydrogen-bond donors (Lipinski definition) is 1. The molecule has 1 aromatic carbocycles. The number of Topliss-reactive ketones (excluding diaryl/α,β-unsaturated/α-hetero) is 1. The Morgan fingerprint density at radius 2 is 1.92 bits per heavy atom. The minimum Gasteiger partial charge on any atom is -0.508 e. The first-order valence-electron chi connectivity index (χ1n) is 9.40. The second kappa shape index (κ2) is 5.21. The van der Waals surface area contributed by atoms with E-state index in [1.807, 2.05) is 12.1 Å². The second-order valence-electron chi connectivity index (χ2n) is 8.64. The summed E-state index contributed by atoms with van der Waals surface area (Å²) in [6.07, 6.45) is 6.63. The Morgan fingerprint density at radius 3 is 2.62 bits per heavy atom. The number of rotatable bonds is 3. The SMILES string of the molecule is CC1=C2C[C@@H]3CC[C@H](C)[C@]2(CC1=O)[C@@]3(C)CCc1ccc(O)cc1. The van der Waals surface area contributed by atoms with Gasteiger partial charge in [0, 0.05) is 11.8 Å². The van der Waals surface area contributed by atoms with Gasteiger partial charge in [-0.2, -0.15) is 0 Å². The molecule has 128 valence electrons. The smallest absolute Gasteiger partial charge is 0.159 e. The maximum Gasteiger partial charge on any atom is 0.159 e. The van der Waals surface area contributed by atoms with Crippen molar-refractivity contribution in [1.29, 1.82) is 0 Å². The van der Waals surface area contributed by atoms with Crippen LogP contribution in [0.25, 0.3) is 0 Å². The molecule has 2 saturated carbocycles. The Balaban J connectivity index is 1.68. The van der Waals surface area contributed by atoms with Gasteiger partial charge in [0.25, 0.3) is 0 Å². The molecule has 1 spiro atoms. The molecule has 0 amide bonds. The summed E-state index contributed by atoms with van der Waals surface area (Å²) in [5, 5.41) is 9.49. The average molecular weight is 324 g/mol. The minimum absolute atomic E-state index is 0.119. The number of fused-ring (bicyclic) bond motifs is 1. The molecule has 24 heavy (non-hydrogen) atoms. The van der Waals surface area contributed by atoms with E-state index in [-0.39, 0.29) is 10.8 Å². The first kappa shape index (κ1) is 15.9. The van der Waals surface area contributed by atoms with Crippen LogP contribution in [0.4, 0.5) is 0 Å². The Bertz CT molecular complexity index is 714. The average Bonchev–Trinajstić information content (AvgIpc) is 2.88. The molecule has 2 heteroatoms. The summed E-state index contributed by atoms with van der Waals surface area (Å²) < 4.78 is 0. The highest BCUT2D eigenvalue weighted by Gasteiger charge is 2.66. The molecule has 3 aliphatic rings. The molecule has 4 atom stereocenters. The topological polar surface area (TPSA) is 37.3 Å². The summed E-state index contributed by atoms with van der Waals surface area (Å²) in [7, 11) is 0. The van der Waals surface area contributed by atoms with Crippen LogP contribution in [-0.2, 0) is 11.2 Å². The molecule has 2 nitrogen and oxygen atoms in total. The lowest BCUT2D eigenvalue weighted by Gasteiger charge is -2.53. The van der Waals surface area contributed by atoms with E-state index < -0.39 is 0 Å². The van der Waals surface area contributed by atoms with E-state index in [1.54, 1.807) is 12.1 Å². The maximum absolute atomic E-state index is 12.5. The molecule has 3 aliphatic carbocycles. The lowest BCUT2D eigenvalue weighted by molar-refractivity contribution is -0.120. The van der Waals surface area contributed by atoms with Gasteiger partial charge in [-0.3, -0.25) is 4.79 Å². The van der Waals surface area contributed by atoms with Crippen molar-refractivity contribution in [2.45, 2.75) is 59.3 Å². The van der Waals surface area contributed by atoms with Gasteiger partial charge in [-0.05, 0) is 79.5 Å². The van der Waals surface area contributed by atoms with Gasteiger partial charge in [0.15, 0.2) is 5.78 Å². The molecule has 0 aromatic heterocycles. The summed E-state index contributed by atoms with van der Waals surface area (Å²) in [5.74, 6) is 2.06. The van der Waals surface area contributed by atoms with E-state index in [2.05, 4.69) is 20.8 Å². The number of hydrogen-bond acceptors (Lipinski definition) is 2. The van der Waals surface area contributed by atoms with Crippen LogP contribution in [0.3, 0.4) is 0 Å². The number of carbonyl (C=O) groups excluding carboxylic acids is 1. The number of phenols is 1. The van der Waals surface area contributed by atoms with E-state index in [1.165, 1.54) is 24.0 Å². The Kier molecular flexibility index (Phi) is 3.46. The van der Waals surface area contributed by atoms with Crippen LogP contribution in [0, 0.1) is 22.7 Å². The van der Waals surface area contributed by atoms with Crippen LogP contribution in [0.5, 0.6) is 5.75 Å². The van der Waals surface area contributed by atoms with Crippen LogP contribution in [0.15, 0.2) is 35.4 Å². The van der Waals surface area contributed by atoms with Crippen molar-refractivity contribution < 1.29 is 9.90 Å². The summed E-state index contributed by atoms with van der Waals surface area (Å²) in [4.78, 5) is 12.5. The Labute approximate surface area is 145 Å². The van der Waals surface area contributed by atoms with Gasteiger partial charge in [0.1, 0.15) is 5.75 Å². The number of aromatic hydroxyl groups is 1. The largest absolute Gasteiger partial charge is 0.508 e. The highest BCUT2D eigenvalue weighted by Crippen LogP contribution is 2.73. The molecule has 0 aliphatic heterocycles. The first-order valence-corrected chi connectivity index (χ1v) is 9.40. The van der Waals surface area contributed by atoms with Gasteiger partial charge in [0.05, 0.1) is 0 Å². The number of phenolic OH excluding ortho intramolecular Hbond substituents is 1. The fraction of sp³-hybridized carbons (Fsp3) is 0.591. The highest BCUT2D eigenvalue weighted by atomic mass is 16.3. The van der Waals surface area contributed by atoms with Crippen molar-refractivity contribution in [3.8, 4) is 5.75 Å². The Morgan fingerprint density at radius 1 is 1.21 bits per heavy atom. The molecule has 2 fully saturated rings. The lowest BCUT2D eigenvalue weighted by Crippen LogP contribution is -2.47. The quantitative estimate of drug-likeness (QED) is 0.844. The lowest BCUT2D eigenvalue weighted by atomic mass is 9.50. The van der Waals surface area contributed by atoms with Crippen LogP contribution in [0.1, 0.15) is 58.4 Å². The molecule has 1 N–H and O–H groups in total. The normalized spacial score (nSPS) is 37.9. The zero-order chi connectivity index (χ0) is 17.1. The van der Waals surface area contributed by atoms with Crippen molar-refractivity contribution >= 4 is 5.78 Å². The van der Waals surface area contributed by atoms with Gasteiger partial charge in [-0.25, -0.2) is 0 Å². The van der Waals surface area contributed by atoms with E-state index >= 15 is 0 Å². The number of ketones is 1. The predicted octanol–water partition coefficient (Wildman–Crippen LogP) is 5.06. The third kappa shape index (κ3) is 1.92. The molecule has 0 heterocycles. The van der Waals surface area contributed by atoms with Gasteiger partial charge in [0.2, 0.25) is 0 Å². The molecular weight excluding hydrogens is 296 g/mol. The van der Waals surface area contributed by atoms with Gasteiger partial charge < -0.3 is 5.11 Å². The maximum atomic E-state index is 12.5. The molecule has 2 bridgehead atoms. The number of aryl methyl sites for hydroxylation is 1. The molecule has 0 unspecified atom stereocenters. The third-order valence-corrected chi connectivity index (χ3v) is 7.88. The third-order valence-electron chi connectivity index (χ3n) is 7.88. The number of allylic oxidation sites excluding steroid dienone is 2. The van der Waals surface area contributed by atoms with E-state index in [9.17, 15) is 9.90 Å². The van der Waals surface area contributed by atoms with E-state index in [0.29, 0.717) is 17.5 Å². The first-order chi connectivity index (χ1) is 11.4. The van der Waals surface area contributed by atoms with Crippen molar-refractivity contribution in [2.75, 3.05) is 0 Å². The standard InChI is InChI=1S/C22H28O2/c1-14-4-7-17-12-19-15(2)20(24)13-22(14,19)21(17,3)11-10-16-5-8-18(23)9-6-16/h5-6,8-9,14,17,23H,4,7,10-13H2,1-3H3/t14-,17-,21-,22-/m0/s1. The zero-order valence-electron chi connectivity index (χ0n) is 15.1. The Hall–Kier alpha value is -1.57. The molecule has 1 aromatic rings. The second-order valence-corrected chi connectivity index (χ2v) is 8.64. The minimum atomic E-state index is 0.119. The summed E-state index contributed by atoms with van der Waals surface area (Å²) >= 11 is 0. The van der Waals surface area contributed by atoms with E-state index in [0.717, 1.165) is 37.2 Å².